The highest BCUT2D eigenvalue weighted by Crippen LogP contribution is 2.28. The van der Waals surface area contributed by atoms with E-state index in [1.54, 1.807) is 12.1 Å². The van der Waals surface area contributed by atoms with Gasteiger partial charge in [-0.1, -0.05) is 35.2 Å². The Kier molecular flexibility index (Phi) is 6.93. The summed E-state index contributed by atoms with van der Waals surface area (Å²) >= 11 is 2.68. The van der Waals surface area contributed by atoms with Crippen LogP contribution < -0.4 is 10.6 Å². The van der Waals surface area contributed by atoms with Crippen molar-refractivity contribution in [3.05, 3.63) is 59.9 Å². The number of hydrogen-bond acceptors (Lipinski definition) is 7. The number of amides is 1. The number of anilines is 3. The van der Waals surface area contributed by atoms with Gasteiger partial charge in [-0.3, -0.25) is 9.69 Å². The summed E-state index contributed by atoms with van der Waals surface area (Å²) in [4.78, 5) is 14.7. The van der Waals surface area contributed by atoms with Crippen LogP contribution in [0.5, 0.6) is 0 Å². The number of thioether (sulfide) groups is 1. The molecule has 1 aliphatic heterocycles. The Balaban J connectivity index is 1.22. The summed E-state index contributed by atoms with van der Waals surface area (Å²) < 4.78 is 13.7. The Morgan fingerprint density at radius 3 is 2.47 bits per heavy atom. The van der Waals surface area contributed by atoms with E-state index >= 15 is 0 Å². The lowest BCUT2D eigenvalue weighted by Crippen LogP contribution is -2.18. The summed E-state index contributed by atoms with van der Waals surface area (Å²) in [6.45, 7) is 3.31. The van der Waals surface area contributed by atoms with Gasteiger partial charge in [0.1, 0.15) is 5.82 Å². The number of carbonyl (C=O) groups excluding carboxylic acids is 1. The number of aromatic nitrogens is 2. The fourth-order valence-electron chi connectivity index (χ4n) is 3.19. The number of rotatable bonds is 8. The Morgan fingerprint density at radius 1 is 1.03 bits per heavy atom. The first-order chi connectivity index (χ1) is 14.6. The standard InChI is InChI=1S/C21H22FN5OS2/c22-16-5-9-18(10-6-16)24-20-25-26-21(30-20)29-14-19(28)23-17-7-3-15(4-8-17)13-27-11-1-2-12-27/h3-10H,1-2,11-14H2,(H,23,28)(H,24,25). The van der Waals surface area contributed by atoms with Crippen molar-refractivity contribution in [1.29, 1.82) is 0 Å². The Hall–Kier alpha value is -2.49. The van der Waals surface area contributed by atoms with Gasteiger partial charge in [0.25, 0.3) is 0 Å². The maximum absolute atomic E-state index is 13.0. The molecule has 0 aliphatic carbocycles. The molecule has 4 rings (SSSR count). The third kappa shape index (κ3) is 6.01. The lowest BCUT2D eigenvalue weighted by molar-refractivity contribution is -0.113. The molecule has 2 aromatic carbocycles. The third-order valence-electron chi connectivity index (χ3n) is 4.67. The highest BCUT2D eigenvalue weighted by atomic mass is 32.2. The van der Waals surface area contributed by atoms with Crippen LogP contribution in [0.25, 0.3) is 0 Å². The first kappa shape index (κ1) is 20.8. The minimum atomic E-state index is -0.290. The van der Waals surface area contributed by atoms with E-state index in [9.17, 15) is 9.18 Å². The molecule has 0 bridgehead atoms. The maximum atomic E-state index is 13.0. The van der Waals surface area contributed by atoms with Crippen molar-refractivity contribution in [2.75, 3.05) is 29.5 Å². The van der Waals surface area contributed by atoms with E-state index in [4.69, 9.17) is 0 Å². The fraction of sp³-hybridized carbons (Fsp3) is 0.286. The van der Waals surface area contributed by atoms with E-state index in [1.807, 2.05) is 12.1 Å². The van der Waals surface area contributed by atoms with E-state index < -0.39 is 0 Å². The molecule has 6 nitrogen and oxygen atoms in total. The molecule has 156 valence electrons. The zero-order valence-electron chi connectivity index (χ0n) is 16.3. The van der Waals surface area contributed by atoms with Gasteiger partial charge in [0.15, 0.2) is 4.34 Å². The molecule has 9 heteroatoms. The summed E-state index contributed by atoms with van der Waals surface area (Å²) in [7, 11) is 0. The Labute approximate surface area is 182 Å². The highest BCUT2D eigenvalue weighted by Gasteiger charge is 2.12. The average molecular weight is 444 g/mol. The minimum absolute atomic E-state index is 0.0875. The van der Waals surface area contributed by atoms with Gasteiger partial charge in [0.2, 0.25) is 11.0 Å². The number of hydrogen-bond donors (Lipinski definition) is 2. The first-order valence-electron chi connectivity index (χ1n) is 9.74. The quantitative estimate of drug-likeness (QED) is 0.490. The van der Waals surface area contributed by atoms with Gasteiger partial charge in [-0.05, 0) is 67.9 Å². The van der Waals surface area contributed by atoms with E-state index in [0.717, 1.165) is 17.9 Å². The second kappa shape index (κ2) is 10.0. The predicted molar refractivity (Wildman–Crippen MR) is 120 cm³/mol. The second-order valence-electron chi connectivity index (χ2n) is 7.02. The SMILES string of the molecule is O=C(CSc1nnc(Nc2ccc(F)cc2)s1)Nc1ccc(CN2CCCC2)cc1. The Bertz CT molecular complexity index is 972. The predicted octanol–water partition coefficient (Wildman–Crippen LogP) is 4.75. The molecule has 0 spiro atoms. The van der Waals surface area contributed by atoms with Crippen LogP contribution in [0.4, 0.5) is 20.9 Å². The number of likely N-dealkylation sites (tertiary alicyclic amines) is 1. The van der Waals surface area contributed by atoms with Gasteiger partial charge < -0.3 is 10.6 Å². The first-order valence-corrected chi connectivity index (χ1v) is 11.5. The smallest absolute Gasteiger partial charge is 0.234 e. The second-order valence-corrected chi connectivity index (χ2v) is 9.22. The lowest BCUT2D eigenvalue weighted by Gasteiger charge is -2.14. The van der Waals surface area contributed by atoms with Gasteiger partial charge in [-0.25, -0.2) is 4.39 Å². The largest absolute Gasteiger partial charge is 0.330 e. The van der Waals surface area contributed by atoms with Gasteiger partial charge >= 0.3 is 0 Å². The maximum Gasteiger partial charge on any atom is 0.234 e. The molecule has 1 aromatic heterocycles. The van der Waals surface area contributed by atoms with Crippen LogP contribution in [-0.2, 0) is 11.3 Å². The number of nitrogens with one attached hydrogen (secondary N) is 2. The summed E-state index contributed by atoms with van der Waals surface area (Å²) in [6, 6.07) is 14.1. The molecule has 1 aliphatic rings. The molecule has 2 heterocycles. The Morgan fingerprint density at radius 2 is 1.73 bits per heavy atom. The summed E-state index contributed by atoms with van der Waals surface area (Å²) in [5, 5.41) is 14.7. The van der Waals surface area contributed by atoms with Crippen LogP contribution in [0.1, 0.15) is 18.4 Å². The average Bonchev–Trinajstić information content (AvgIpc) is 3.42. The molecule has 1 saturated heterocycles. The zero-order chi connectivity index (χ0) is 20.8. The van der Waals surface area contributed by atoms with Gasteiger partial charge in [0, 0.05) is 17.9 Å². The normalized spacial score (nSPS) is 14.0. The number of benzene rings is 2. The van der Waals surface area contributed by atoms with Gasteiger partial charge in [-0.15, -0.1) is 10.2 Å². The van der Waals surface area contributed by atoms with Crippen LogP contribution in [0.3, 0.4) is 0 Å². The molecular formula is C21H22FN5OS2. The van der Waals surface area contributed by atoms with Crippen molar-refractivity contribution in [2.24, 2.45) is 0 Å². The van der Waals surface area contributed by atoms with Gasteiger partial charge in [0.05, 0.1) is 5.75 Å². The topological polar surface area (TPSA) is 70.1 Å². The van der Waals surface area contributed by atoms with E-state index in [2.05, 4.69) is 37.9 Å². The minimum Gasteiger partial charge on any atom is -0.330 e. The molecule has 0 atom stereocenters. The van der Waals surface area contributed by atoms with Crippen molar-refractivity contribution in [3.63, 3.8) is 0 Å². The summed E-state index contributed by atoms with van der Waals surface area (Å²) in [5.74, 6) is -0.127. The molecule has 1 amide bonds. The van der Waals surface area contributed by atoms with Crippen molar-refractivity contribution < 1.29 is 9.18 Å². The molecular weight excluding hydrogens is 421 g/mol. The number of nitrogens with zero attached hydrogens (tertiary/aromatic N) is 3. The van der Waals surface area contributed by atoms with Crippen LogP contribution >= 0.6 is 23.1 Å². The number of halogens is 1. The van der Waals surface area contributed by atoms with Crippen LogP contribution in [0, 0.1) is 5.82 Å². The van der Waals surface area contributed by atoms with Crippen molar-refractivity contribution in [3.8, 4) is 0 Å². The molecule has 3 aromatic rings. The third-order valence-corrected chi connectivity index (χ3v) is 6.64. The molecule has 30 heavy (non-hydrogen) atoms. The van der Waals surface area contributed by atoms with Crippen molar-refractivity contribution in [2.45, 2.75) is 23.7 Å². The van der Waals surface area contributed by atoms with Gasteiger partial charge in [-0.2, -0.15) is 0 Å². The monoisotopic (exact) mass is 443 g/mol. The zero-order valence-corrected chi connectivity index (χ0v) is 17.9. The van der Waals surface area contributed by atoms with Crippen LogP contribution in [0.15, 0.2) is 52.9 Å². The molecule has 0 saturated carbocycles. The summed E-state index contributed by atoms with van der Waals surface area (Å²) in [5.41, 5.74) is 2.79. The van der Waals surface area contributed by atoms with E-state index in [0.29, 0.717) is 9.47 Å². The molecule has 0 radical (unpaired) electrons. The lowest BCUT2D eigenvalue weighted by atomic mass is 10.2. The van der Waals surface area contributed by atoms with Crippen molar-refractivity contribution in [1.82, 2.24) is 15.1 Å². The number of carbonyl (C=O) groups is 1. The fourth-order valence-corrected chi connectivity index (χ4v) is 4.76. The molecule has 0 unspecified atom stereocenters. The van der Waals surface area contributed by atoms with Crippen LogP contribution in [-0.4, -0.2) is 39.8 Å². The van der Waals surface area contributed by atoms with E-state index in [1.165, 1.54) is 66.7 Å². The van der Waals surface area contributed by atoms with Crippen molar-refractivity contribution >= 4 is 45.5 Å². The van der Waals surface area contributed by atoms with Crippen LogP contribution in [0.2, 0.25) is 0 Å². The highest BCUT2D eigenvalue weighted by molar-refractivity contribution is 8.01. The molecule has 1 fully saturated rings. The van der Waals surface area contributed by atoms with E-state index in [-0.39, 0.29) is 17.5 Å². The summed E-state index contributed by atoms with van der Waals surface area (Å²) in [6.07, 6.45) is 2.56. The molecule has 2 N–H and O–H groups in total.